The molecule has 1 aromatic rings. The minimum absolute atomic E-state index is 0.321. The van der Waals surface area contributed by atoms with Gasteiger partial charge in [-0.3, -0.25) is 0 Å². The molecule has 0 spiro atoms. The van der Waals surface area contributed by atoms with Crippen LogP contribution in [0.1, 0.15) is 57.8 Å². The van der Waals surface area contributed by atoms with Gasteiger partial charge in [0.25, 0.3) is 0 Å². The van der Waals surface area contributed by atoms with E-state index in [0.717, 1.165) is 24.0 Å². The van der Waals surface area contributed by atoms with Gasteiger partial charge in [-0.25, -0.2) is 0 Å². The Morgan fingerprint density at radius 3 is 1.94 bits per heavy atom. The van der Waals surface area contributed by atoms with E-state index in [9.17, 15) is 5.11 Å². The molecule has 0 aliphatic carbocycles. The highest BCUT2D eigenvalue weighted by molar-refractivity contribution is 5.28. The zero-order valence-electron chi connectivity index (χ0n) is 11.4. The maximum absolute atomic E-state index is 10.2. The molecule has 1 unspecified atom stereocenters. The number of rotatable bonds is 5. The molecule has 17 heavy (non-hydrogen) atoms. The van der Waals surface area contributed by atoms with Gasteiger partial charge >= 0.3 is 0 Å². The van der Waals surface area contributed by atoms with Crippen LogP contribution in [0.25, 0.3) is 0 Å². The second-order valence-corrected chi connectivity index (χ2v) is 5.37. The minimum Gasteiger partial charge on any atom is -0.388 e. The minimum atomic E-state index is -0.361. The normalized spacial score (nSPS) is 14.1. The van der Waals surface area contributed by atoms with Gasteiger partial charge in [0.05, 0.1) is 6.10 Å². The lowest BCUT2D eigenvalue weighted by Crippen LogP contribution is -2.28. The molecular formula is C15H25NO. The van der Waals surface area contributed by atoms with Crippen molar-refractivity contribution in [3.05, 3.63) is 35.4 Å². The van der Waals surface area contributed by atoms with E-state index in [-0.39, 0.29) is 11.6 Å². The topological polar surface area (TPSA) is 46.2 Å². The first-order valence-corrected chi connectivity index (χ1v) is 6.47. The highest BCUT2D eigenvalue weighted by Gasteiger charge is 2.19. The van der Waals surface area contributed by atoms with E-state index in [0.29, 0.717) is 5.92 Å². The lowest BCUT2D eigenvalue weighted by atomic mass is 9.89. The zero-order valence-corrected chi connectivity index (χ0v) is 11.4. The van der Waals surface area contributed by atoms with E-state index in [2.05, 4.69) is 13.8 Å². The largest absolute Gasteiger partial charge is 0.388 e. The van der Waals surface area contributed by atoms with E-state index >= 15 is 0 Å². The van der Waals surface area contributed by atoms with Crippen LogP contribution in [0.5, 0.6) is 0 Å². The summed E-state index contributed by atoms with van der Waals surface area (Å²) in [5.74, 6) is 0.340. The molecule has 0 aliphatic rings. The molecule has 0 fully saturated rings. The summed E-state index contributed by atoms with van der Waals surface area (Å²) in [4.78, 5) is 0. The second kappa shape index (κ2) is 5.65. The van der Waals surface area contributed by atoms with Crippen molar-refractivity contribution >= 4 is 0 Å². The molecular weight excluding hydrogens is 210 g/mol. The van der Waals surface area contributed by atoms with Gasteiger partial charge in [0.2, 0.25) is 0 Å². The average Bonchev–Trinajstić information content (AvgIpc) is 2.29. The maximum atomic E-state index is 10.2. The van der Waals surface area contributed by atoms with E-state index < -0.39 is 0 Å². The summed E-state index contributed by atoms with van der Waals surface area (Å²) in [6, 6.07) is 8.02. The number of benzene rings is 1. The fourth-order valence-corrected chi connectivity index (χ4v) is 2.12. The van der Waals surface area contributed by atoms with Crippen LogP contribution in [0.4, 0.5) is 0 Å². The smallest absolute Gasteiger partial charge is 0.0818 e. The Labute approximate surface area is 105 Å². The highest BCUT2D eigenvalue weighted by Crippen LogP contribution is 2.28. The van der Waals surface area contributed by atoms with Gasteiger partial charge in [-0.15, -0.1) is 0 Å². The van der Waals surface area contributed by atoms with Crippen molar-refractivity contribution in [2.75, 3.05) is 0 Å². The van der Waals surface area contributed by atoms with Crippen molar-refractivity contribution in [1.82, 2.24) is 0 Å². The Morgan fingerprint density at radius 2 is 1.59 bits per heavy atom. The fraction of sp³-hybridized carbons (Fsp3) is 0.600. The van der Waals surface area contributed by atoms with E-state index in [1.54, 1.807) is 0 Å². The standard InChI is InChI=1S/C15H25NO/c1-5-11(6-2)14(17)12-7-9-13(10-8-12)15(3,4)16/h7-11,14,17H,5-6,16H2,1-4H3. The van der Waals surface area contributed by atoms with Crippen molar-refractivity contribution in [2.24, 2.45) is 11.7 Å². The Morgan fingerprint density at radius 1 is 1.12 bits per heavy atom. The summed E-state index contributed by atoms with van der Waals surface area (Å²) < 4.78 is 0. The summed E-state index contributed by atoms with van der Waals surface area (Å²) in [6.07, 6.45) is 1.64. The van der Waals surface area contributed by atoms with Gasteiger partial charge in [0, 0.05) is 5.54 Å². The molecule has 1 rings (SSSR count). The van der Waals surface area contributed by atoms with Crippen molar-refractivity contribution in [2.45, 2.75) is 52.2 Å². The maximum Gasteiger partial charge on any atom is 0.0818 e. The van der Waals surface area contributed by atoms with Crippen LogP contribution < -0.4 is 5.73 Å². The molecule has 1 atom stereocenters. The van der Waals surface area contributed by atoms with Gasteiger partial charge in [0.1, 0.15) is 0 Å². The molecule has 0 bridgehead atoms. The molecule has 0 radical (unpaired) electrons. The van der Waals surface area contributed by atoms with Crippen molar-refractivity contribution in [3.63, 3.8) is 0 Å². The third-order valence-corrected chi connectivity index (χ3v) is 3.49. The molecule has 0 saturated carbocycles. The average molecular weight is 235 g/mol. The Hall–Kier alpha value is -0.860. The molecule has 0 aromatic heterocycles. The molecule has 0 saturated heterocycles. The fourth-order valence-electron chi connectivity index (χ4n) is 2.12. The van der Waals surface area contributed by atoms with Crippen LogP contribution in [0.15, 0.2) is 24.3 Å². The molecule has 0 aliphatic heterocycles. The number of aliphatic hydroxyl groups excluding tert-OH is 1. The summed E-state index contributed by atoms with van der Waals surface area (Å²) in [7, 11) is 0. The highest BCUT2D eigenvalue weighted by atomic mass is 16.3. The van der Waals surface area contributed by atoms with E-state index in [1.807, 2.05) is 38.1 Å². The first-order chi connectivity index (χ1) is 7.90. The van der Waals surface area contributed by atoms with Crippen LogP contribution in [-0.4, -0.2) is 5.11 Å². The molecule has 2 nitrogen and oxygen atoms in total. The Kier molecular flexibility index (Phi) is 4.72. The van der Waals surface area contributed by atoms with Crippen molar-refractivity contribution in [3.8, 4) is 0 Å². The number of hydrogen-bond acceptors (Lipinski definition) is 2. The van der Waals surface area contributed by atoms with Crippen LogP contribution in [-0.2, 0) is 5.54 Å². The summed E-state index contributed by atoms with van der Waals surface area (Å²) in [5, 5.41) is 10.2. The molecule has 1 aromatic carbocycles. The Bertz CT molecular complexity index is 333. The van der Waals surface area contributed by atoms with Crippen LogP contribution in [0, 0.1) is 5.92 Å². The molecule has 3 N–H and O–H groups in total. The number of nitrogens with two attached hydrogens (primary N) is 1. The first kappa shape index (κ1) is 14.2. The lowest BCUT2D eigenvalue weighted by molar-refractivity contribution is 0.103. The SMILES string of the molecule is CCC(CC)C(O)c1ccc(C(C)(C)N)cc1. The summed E-state index contributed by atoms with van der Waals surface area (Å²) in [5.41, 5.74) is 7.80. The van der Waals surface area contributed by atoms with Crippen LogP contribution in [0.3, 0.4) is 0 Å². The summed E-state index contributed by atoms with van der Waals surface area (Å²) in [6.45, 7) is 8.21. The van der Waals surface area contributed by atoms with Crippen molar-refractivity contribution in [1.29, 1.82) is 0 Å². The molecule has 2 heteroatoms. The quantitative estimate of drug-likeness (QED) is 0.822. The third kappa shape index (κ3) is 3.55. The lowest BCUT2D eigenvalue weighted by Gasteiger charge is -2.23. The number of aliphatic hydroxyl groups is 1. The predicted molar refractivity (Wildman–Crippen MR) is 72.7 cm³/mol. The Balaban J connectivity index is 2.87. The molecule has 0 heterocycles. The van der Waals surface area contributed by atoms with Crippen LogP contribution >= 0.6 is 0 Å². The monoisotopic (exact) mass is 235 g/mol. The van der Waals surface area contributed by atoms with Gasteiger partial charge < -0.3 is 10.8 Å². The van der Waals surface area contributed by atoms with Crippen LogP contribution in [0.2, 0.25) is 0 Å². The zero-order chi connectivity index (χ0) is 13.1. The van der Waals surface area contributed by atoms with E-state index in [4.69, 9.17) is 5.73 Å². The third-order valence-electron chi connectivity index (χ3n) is 3.49. The van der Waals surface area contributed by atoms with Gasteiger partial charge in [-0.2, -0.15) is 0 Å². The van der Waals surface area contributed by atoms with E-state index in [1.165, 1.54) is 0 Å². The predicted octanol–water partition coefficient (Wildman–Crippen LogP) is 3.35. The van der Waals surface area contributed by atoms with Crippen molar-refractivity contribution < 1.29 is 5.11 Å². The second-order valence-electron chi connectivity index (χ2n) is 5.37. The van der Waals surface area contributed by atoms with Gasteiger partial charge in [-0.1, -0.05) is 51.0 Å². The molecule has 96 valence electrons. The number of hydrogen-bond donors (Lipinski definition) is 2. The summed E-state index contributed by atoms with van der Waals surface area (Å²) >= 11 is 0. The first-order valence-electron chi connectivity index (χ1n) is 6.47. The van der Waals surface area contributed by atoms with Gasteiger partial charge in [-0.05, 0) is 30.9 Å². The van der Waals surface area contributed by atoms with Gasteiger partial charge in [0.15, 0.2) is 0 Å². The molecule has 0 amide bonds.